The monoisotopic (exact) mass is 281 g/mol. The number of halogens is 1. The number of benzene rings is 2. The van der Waals surface area contributed by atoms with E-state index in [9.17, 15) is 5.26 Å². The summed E-state index contributed by atoms with van der Waals surface area (Å²) in [5, 5.41) is 10.6. The molecule has 2 heteroatoms. The van der Waals surface area contributed by atoms with E-state index in [-0.39, 0.29) is 0 Å². The number of rotatable bonds is 2. The lowest BCUT2D eigenvalue weighted by atomic mass is 9.68. The van der Waals surface area contributed by atoms with E-state index in [1.807, 2.05) is 30.3 Å². The van der Waals surface area contributed by atoms with Gasteiger partial charge in [0, 0.05) is 5.02 Å². The van der Waals surface area contributed by atoms with Gasteiger partial charge in [0.25, 0.3) is 0 Å². The van der Waals surface area contributed by atoms with Crippen LogP contribution in [0, 0.1) is 11.3 Å². The molecule has 0 amide bonds. The first-order valence-corrected chi connectivity index (χ1v) is 7.36. The molecule has 0 radical (unpaired) electrons. The minimum atomic E-state index is -0.431. The van der Waals surface area contributed by atoms with Crippen LogP contribution in [-0.4, -0.2) is 0 Å². The Morgan fingerprint density at radius 2 is 1.85 bits per heavy atom. The molecule has 1 unspecified atom stereocenters. The molecule has 0 saturated heterocycles. The van der Waals surface area contributed by atoms with Gasteiger partial charge >= 0.3 is 0 Å². The highest BCUT2D eigenvalue weighted by Crippen LogP contribution is 2.40. The predicted octanol–water partition coefficient (Wildman–Crippen LogP) is 4.68. The van der Waals surface area contributed by atoms with Gasteiger partial charge in [0.2, 0.25) is 0 Å². The van der Waals surface area contributed by atoms with E-state index in [0.717, 1.165) is 29.8 Å². The Balaban J connectivity index is 2.06. The lowest BCUT2D eigenvalue weighted by Crippen LogP contribution is -2.31. The summed E-state index contributed by atoms with van der Waals surface area (Å²) in [6, 6.07) is 18.8. The van der Waals surface area contributed by atoms with Gasteiger partial charge in [-0.25, -0.2) is 0 Å². The van der Waals surface area contributed by atoms with Gasteiger partial charge in [0.05, 0.1) is 11.5 Å². The highest BCUT2D eigenvalue weighted by atomic mass is 35.5. The van der Waals surface area contributed by atoms with Crippen LogP contribution in [0.25, 0.3) is 0 Å². The normalized spacial score (nSPS) is 21.0. The van der Waals surface area contributed by atoms with Gasteiger partial charge in [-0.05, 0) is 48.4 Å². The number of nitrogens with zero attached hydrogens (tertiary/aromatic N) is 1. The van der Waals surface area contributed by atoms with E-state index in [1.54, 1.807) is 0 Å². The van der Waals surface area contributed by atoms with Crippen LogP contribution in [0.5, 0.6) is 0 Å². The maximum absolute atomic E-state index is 9.85. The number of nitriles is 1. The molecule has 1 aliphatic rings. The average molecular weight is 282 g/mol. The summed E-state index contributed by atoms with van der Waals surface area (Å²) in [4.78, 5) is 0. The van der Waals surface area contributed by atoms with Gasteiger partial charge in [-0.1, -0.05) is 54.1 Å². The quantitative estimate of drug-likeness (QED) is 0.784. The summed E-state index contributed by atoms with van der Waals surface area (Å²) in [6.07, 6.45) is 3.74. The summed E-state index contributed by atoms with van der Waals surface area (Å²) in [5.41, 5.74) is 3.13. The molecule has 0 aromatic heterocycles. The summed E-state index contributed by atoms with van der Waals surface area (Å²) in [7, 11) is 0. The standard InChI is InChI=1S/C18H16ClN/c19-17-10-4-2-7-15(17)12-18(13-20)11-5-8-14-6-1-3-9-16(14)18/h1-4,6-7,9-10H,5,8,11-12H2. The molecule has 100 valence electrons. The minimum absolute atomic E-state index is 0.431. The summed E-state index contributed by atoms with van der Waals surface area (Å²) >= 11 is 6.28. The van der Waals surface area contributed by atoms with E-state index < -0.39 is 5.41 Å². The zero-order valence-electron chi connectivity index (χ0n) is 11.3. The molecule has 1 aliphatic carbocycles. The van der Waals surface area contributed by atoms with Gasteiger partial charge in [-0.15, -0.1) is 0 Å². The van der Waals surface area contributed by atoms with Gasteiger partial charge in [0.1, 0.15) is 0 Å². The molecule has 0 spiro atoms. The van der Waals surface area contributed by atoms with Gasteiger partial charge < -0.3 is 0 Å². The van der Waals surface area contributed by atoms with Crippen molar-refractivity contribution in [3.63, 3.8) is 0 Å². The van der Waals surface area contributed by atoms with E-state index >= 15 is 0 Å². The Bertz CT molecular complexity index is 671. The third-order valence-electron chi connectivity index (χ3n) is 4.25. The second-order valence-electron chi connectivity index (χ2n) is 5.47. The van der Waals surface area contributed by atoms with Crippen molar-refractivity contribution in [1.82, 2.24) is 0 Å². The zero-order chi connectivity index (χ0) is 14.0. The molecule has 2 aromatic carbocycles. The lowest BCUT2D eigenvalue weighted by Gasteiger charge is -2.33. The molecule has 2 aromatic rings. The second-order valence-corrected chi connectivity index (χ2v) is 5.88. The van der Waals surface area contributed by atoms with Crippen LogP contribution in [0.3, 0.4) is 0 Å². The van der Waals surface area contributed by atoms with Crippen molar-refractivity contribution in [3.05, 3.63) is 70.2 Å². The van der Waals surface area contributed by atoms with Crippen molar-refractivity contribution in [1.29, 1.82) is 5.26 Å². The number of aryl methyl sites for hydroxylation is 1. The molecule has 0 saturated carbocycles. The summed E-state index contributed by atoms with van der Waals surface area (Å²) < 4.78 is 0. The molecule has 0 N–H and O–H groups in total. The Kier molecular flexibility index (Phi) is 3.51. The average Bonchev–Trinajstić information content (AvgIpc) is 2.50. The summed E-state index contributed by atoms with van der Waals surface area (Å²) in [5.74, 6) is 0. The fourth-order valence-corrected chi connectivity index (χ4v) is 3.43. The van der Waals surface area contributed by atoms with Crippen molar-refractivity contribution in [3.8, 4) is 6.07 Å². The van der Waals surface area contributed by atoms with Crippen molar-refractivity contribution >= 4 is 11.6 Å². The third kappa shape index (κ3) is 2.21. The van der Waals surface area contributed by atoms with Crippen LogP contribution in [0.15, 0.2) is 48.5 Å². The second kappa shape index (κ2) is 5.31. The Morgan fingerprint density at radius 1 is 1.10 bits per heavy atom. The Morgan fingerprint density at radius 3 is 2.65 bits per heavy atom. The van der Waals surface area contributed by atoms with E-state index in [0.29, 0.717) is 6.42 Å². The van der Waals surface area contributed by atoms with E-state index in [1.165, 1.54) is 11.1 Å². The van der Waals surface area contributed by atoms with Crippen LogP contribution >= 0.6 is 11.6 Å². The van der Waals surface area contributed by atoms with Crippen LogP contribution in [0.2, 0.25) is 5.02 Å². The van der Waals surface area contributed by atoms with Crippen molar-refractivity contribution in [2.45, 2.75) is 31.1 Å². The lowest BCUT2D eigenvalue weighted by molar-refractivity contribution is 0.450. The zero-order valence-corrected chi connectivity index (χ0v) is 12.0. The number of fused-ring (bicyclic) bond motifs is 1. The van der Waals surface area contributed by atoms with E-state index in [2.05, 4.69) is 24.3 Å². The number of hydrogen-bond donors (Lipinski definition) is 0. The van der Waals surface area contributed by atoms with Crippen molar-refractivity contribution in [2.24, 2.45) is 0 Å². The highest BCUT2D eigenvalue weighted by molar-refractivity contribution is 6.31. The maximum Gasteiger partial charge on any atom is 0.0865 e. The molecule has 3 rings (SSSR count). The first kappa shape index (κ1) is 13.2. The molecule has 0 heterocycles. The molecule has 0 aliphatic heterocycles. The SMILES string of the molecule is N#CC1(Cc2ccccc2Cl)CCCc2ccccc21. The van der Waals surface area contributed by atoms with Gasteiger partial charge in [-0.3, -0.25) is 0 Å². The Labute approximate surface area is 124 Å². The van der Waals surface area contributed by atoms with Crippen LogP contribution < -0.4 is 0 Å². The van der Waals surface area contributed by atoms with Gasteiger partial charge in [0.15, 0.2) is 0 Å². The topological polar surface area (TPSA) is 23.8 Å². The fourth-order valence-electron chi connectivity index (χ4n) is 3.23. The molecule has 1 nitrogen and oxygen atoms in total. The Hall–Kier alpha value is -1.78. The highest BCUT2D eigenvalue weighted by Gasteiger charge is 2.37. The first-order valence-electron chi connectivity index (χ1n) is 6.98. The molecule has 20 heavy (non-hydrogen) atoms. The van der Waals surface area contributed by atoms with Crippen molar-refractivity contribution < 1.29 is 0 Å². The smallest absolute Gasteiger partial charge is 0.0865 e. The fraction of sp³-hybridized carbons (Fsp3) is 0.278. The van der Waals surface area contributed by atoms with Crippen LogP contribution in [0.1, 0.15) is 29.5 Å². The predicted molar refractivity (Wildman–Crippen MR) is 81.8 cm³/mol. The molecule has 1 atom stereocenters. The van der Waals surface area contributed by atoms with Crippen molar-refractivity contribution in [2.75, 3.05) is 0 Å². The van der Waals surface area contributed by atoms with Crippen LogP contribution in [0.4, 0.5) is 0 Å². The maximum atomic E-state index is 9.85. The molecule has 0 bridgehead atoms. The molecule has 0 fully saturated rings. The first-order chi connectivity index (χ1) is 9.75. The molecular weight excluding hydrogens is 266 g/mol. The minimum Gasteiger partial charge on any atom is -0.197 e. The van der Waals surface area contributed by atoms with E-state index in [4.69, 9.17) is 11.6 Å². The van der Waals surface area contributed by atoms with Gasteiger partial charge in [-0.2, -0.15) is 5.26 Å². The third-order valence-corrected chi connectivity index (χ3v) is 4.62. The number of hydrogen-bond acceptors (Lipinski definition) is 1. The summed E-state index contributed by atoms with van der Waals surface area (Å²) in [6.45, 7) is 0. The van der Waals surface area contributed by atoms with Crippen LogP contribution in [-0.2, 0) is 18.3 Å². The largest absolute Gasteiger partial charge is 0.197 e. The molecular formula is C18H16ClN.